The van der Waals surface area contributed by atoms with Crippen LogP contribution in [0.3, 0.4) is 0 Å². The summed E-state index contributed by atoms with van der Waals surface area (Å²) in [6, 6.07) is 6.89. The average molecular weight is 377 g/mol. The van der Waals surface area contributed by atoms with Gasteiger partial charge in [-0.2, -0.15) is 0 Å². The molecule has 0 saturated carbocycles. The van der Waals surface area contributed by atoms with Crippen LogP contribution in [0.5, 0.6) is 0 Å². The minimum Gasteiger partial charge on any atom is -0.309 e. The van der Waals surface area contributed by atoms with E-state index in [0.717, 1.165) is 39.3 Å². The molecule has 0 fully saturated rings. The van der Waals surface area contributed by atoms with Crippen molar-refractivity contribution in [2.24, 2.45) is 0 Å². The minimum absolute atomic E-state index is 0.157. The Labute approximate surface area is 136 Å². The summed E-state index contributed by atoms with van der Waals surface area (Å²) in [6.07, 6.45) is 1.84. The van der Waals surface area contributed by atoms with Gasteiger partial charge in [0.05, 0.1) is 5.02 Å². The number of benzene rings is 1. The molecule has 0 aliphatic rings. The highest BCUT2D eigenvalue weighted by Crippen LogP contribution is 2.32. The zero-order chi connectivity index (χ0) is 14.5. The predicted octanol–water partition coefficient (Wildman–Crippen LogP) is 5.59. The molecule has 2 rings (SSSR count). The molecule has 0 saturated heterocycles. The maximum absolute atomic E-state index is 13.2. The third-order valence-electron chi connectivity index (χ3n) is 3.04. The topological polar surface area (TPSA) is 12.0 Å². The van der Waals surface area contributed by atoms with Crippen LogP contribution in [0, 0.1) is 5.82 Å². The molecule has 1 atom stereocenters. The molecule has 5 heteroatoms. The predicted molar refractivity (Wildman–Crippen MR) is 88.2 cm³/mol. The van der Waals surface area contributed by atoms with Crippen molar-refractivity contribution in [3.63, 3.8) is 0 Å². The number of hydrogen-bond acceptors (Lipinski definition) is 2. The van der Waals surface area contributed by atoms with Gasteiger partial charge >= 0.3 is 0 Å². The molecule has 2 aromatic rings. The molecule has 1 aromatic heterocycles. The first-order valence-corrected chi connectivity index (χ1v) is 8.57. The second-order valence-corrected chi connectivity index (χ2v) is 6.79. The smallest absolute Gasteiger partial charge is 0.124 e. The van der Waals surface area contributed by atoms with Gasteiger partial charge < -0.3 is 5.32 Å². The lowest BCUT2D eigenvalue weighted by Gasteiger charge is -2.19. The van der Waals surface area contributed by atoms with Crippen molar-refractivity contribution in [1.29, 1.82) is 0 Å². The Kier molecular flexibility index (Phi) is 6.02. The van der Waals surface area contributed by atoms with Crippen LogP contribution in [0.25, 0.3) is 0 Å². The summed E-state index contributed by atoms with van der Waals surface area (Å²) in [5, 5.41) is 6.31. The van der Waals surface area contributed by atoms with Gasteiger partial charge in [-0.3, -0.25) is 0 Å². The van der Waals surface area contributed by atoms with Gasteiger partial charge in [-0.05, 0) is 48.5 Å². The Morgan fingerprint density at radius 3 is 2.80 bits per heavy atom. The Morgan fingerprint density at radius 1 is 1.40 bits per heavy atom. The zero-order valence-corrected chi connectivity index (χ0v) is 14.3. The van der Waals surface area contributed by atoms with Gasteiger partial charge in [-0.15, -0.1) is 11.3 Å². The Hall–Kier alpha value is -0.420. The van der Waals surface area contributed by atoms with E-state index in [4.69, 9.17) is 11.6 Å². The highest BCUT2D eigenvalue weighted by molar-refractivity contribution is 9.10. The minimum atomic E-state index is -0.229. The van der Waals surface area contributed by atoms with Gasteiger partial charge in [-0.1, -0.05) is 40.5 Å². The van der Waals surface area contributed by atoms with Crippen LogP contribution in [0.2, 0.25) is 5.02 Å². The molecule has 0 bridgehead atoms. The fraction of sp³-hybridized carbons (Fsp3) is 0.333. The summed E-state index contributed by atoms with van der Waals surface area (Å²) in [5.74, 6) is -0.229. The molecule has 1 nitrogen and oxygen atoms in total. The van der Waals surface area contributed by atoms with Gasteiger partial charge in [0, 0.05) is 15.4 Å². The van der Waals surface area contributed by atoms with Crippen molar-refractivity contribution in [3.05, 3.63) is 55.4 Å². The highest BCUT2D eigenvalue weighted by Gasteiger charge is 2.17. The Bertz CT molecular complexity index is 573. The Morgan fingerprint density at radius 2 is 2.20 bits per heavy atom. The summed E-state index contributed by atoms with van der Waals surface area (Å²) in [4.78, 5) is 1.14. The molecule has 1 N–H and O–H groups in total. The molecule has 1 unspecified atom stereocenters. The lowest BCUT2D eigenvalue weighted by molar-refractivity contribution is 0.535. The second kappa shape index (κ2) is 7.55. The van der Waals surface area contributed by atoms with Gasteiger partial charge in [0.15, 0.2) is 0 Å². The van der Waals surface area contributed by atoms with Crippen molar-refractivity contribution < 1.29 is 4.39 Å². The number of halogens is 3. The van der Waals surface area contributed by atoms with E-state index >= 15 is 0 Å². The second-order valence-electron chi connectivity index (χ2n) is 4.58. The van der Waals surface area contributed by atoms with Gasteiger partial charge in [0.25, 0.3) is 0 Å². The molecule has 0 radical (unpaired) electrons. The molecular weight excluding hydrogens is 361 g/mol. The van der Waals surface area contributed by atoms with Crippen molar-refractivity contribution in [3.8, 4) is 0 Å². The lowest BCUT2D eigenvalue weighted by atomic mass is 10.0. The average Bonchev–Trinajstić information content (AvgIpc) is 2.83. The van der Waals surface area contributed by atoms with E-state index in [9.17, 15) is 4.39 Å². The van der Waals surface area contributed by atoms with E-state index < -0.39 is 0 Å². The normalized spacial score (nSPS) is 12.6. The molecule has 0 aliphatic heterocycles. The van der Waals surface area contributed by atoms with Crippen LogP contribution in [-0.4, -0.2) is 6.54 Å². The molecule has 0 spiro atoms. The lowest BCUT2D eigenvalue weighted by Crippen LogP contribution is -2.23. The summed E-state index contributed by atoms with van der Waals surface area (Å²) in [7, 11) is 0. The first-order chi connectivity index (χ1) is 9.61. The van der Waals surface area contributed by atoms with E-state index in [-0.39, 0.29) is 11.9 Å². The molecule has 108 valence electrons. The van der Waals surface area contributed by atoms with E-state index in [1.807, 2.05) is 17.5 Å². The summed E-state index contributed by atoms with van der Waals surface area (Å²) in [5.41, 5.74) is 1.07. The van der Waals surface area contributed by atoms with E-state index in [1.165, 1.54) is 12.1 Å². The van der Waals surface area contributed by atoms with Gasteiger partial charge in [0.2, 0.25) is 0 Å². The number of nitrogens with one attached hydrogen (secondary N) is 1. The first-order valence-electron chi connectivity index (χ1n) is 6.52. The number of rotatable bonds is 6. The fourth-order valence-corrected chi connectivity index (χ4v) is 3.82. The maximum Gasteiger partial charge on any atom is 0.124 e. The summed E-state index contributed by atoms with van der Waals surface area (Å²) in [6.45, 7) is 3.06. The summed E-state index contributed by atoms with van der Waals surface area (Å²) >= 11 is 11.3. The van der Waals surface area contributed by atoms with Crippen LogP contribution in [0.15, 0.2) is 34.1 Å². The maximum atomic E-state index is 13.2. The van der Waals surface area contributed by atoms with Crippen LogP contribution in [0.4, 0.5) is 4.39 Å². The highest BCUT2D eigenvalue weighted by atomic mass is 79.9. The van der Waals surface area contributed by atoms with Crippen LogP contribution in [-0.2, 0) is 6.42 Å². The molecule has 20 heavy (non-hydrogen) atoms. The monoisotopic (exact) mass is 375 g/mol. The fourth-order valence-electron chi connectivity index (χ4n) is 2.04. The van der Waals surface area contributed by atoms with Crippen LogP contribution >= 0.6 is 38.9 Å². The van der Waals surface area contributed by atoms with Gasteiger partial charge in [-0.25, -0.2) is 4.39 Å². The number of hydrogen-bond donors (Lipinski definition) is 1. The molecule has 1 aromatic carbocycles. The van der Waals surface area contributed by atoms with E-state index in [2.05, 4.69) is 28.2 Å². The molecule has 0 aliphatic carbocycles. The molecular formula is C15H16BrClFNS. The molecule has 0 amide bonds. The van der Waals surface area contributed by atoms with E-state index in [1.54, 1.807) is 11.3 Å². The van der Waals surface area contributed by atoms with Crippen molar-refractivity contribution in [2.75, 3.05) is 6.54 Å². The third-order valence-corrected chi connectivity index (χ3v) is 5.25. The first kappa shape index (κ1) is 16.0. The van der Waals surface area contributed by atoms with Gasteiger partial charge in [0.1, 0.15) is 5.82 Å². The standard InChI is InChI=1S/C15H16BrClFNS/c1-2-6-19-14(15-13(17)5-7-20-15)8-10-3-4-11(18)9-12(10)16/h3-5,7,9,14,19H,2,6,8H2,1H3. The van der Waals surface area contributed by atoms with Crippen molar-refractivity contribution in [2.45, 2.75) is 25.8 Å². The zero-order valence-electron chi connectivity index (χ0n) is 11.1. The van der Waals surface area contributed by atoms with Crippen molar-refractivity contribution in [1.82, 2.24) is 5.32 Å². The Balaban J connectivity index is 2.21. The van der Waals surface area contributed by atoms with Crippen LogP contribution < -0.4 is 5.32 Å². The van der Waals surface area contributed by atoms with Crippen molar-refractivity contribution >= 4 is 38.9 Å². The quantitative estimate of drug-likeness (QED) is 0.693. The van der Waals surface area contributed by atoms with Crippen LogP contribution in [0.1, 0.15) is 29.8 Å². The number of thiophene rings is 1. The molecule has 1 heterocycles. The third kappa shape index (κ3) is 4.04. The SMILES string of the molecule is CCCNC(Cc1ccc(F)cc1Br)c1sccc1Cl. The largest absolute Gasteiger partial charge is 0.309 e. The van der Waals surface area contributed by atoms with E-state index in [0.29, 0.717) is 0 Å². The summed E-state index contributed by atoms with van der Waals surface area (Å²) < 4.78 is 14.0.